The normalized spacial score (nSPS) is 17.1. The first-order valence-electron chi connectivity index (χ1n) is 9.16. The lowest BCUT2D eigenvalue weighted by molar-refractivity contribution is 0.166. The van der Waals surface area contributed by atoms with Crippen LogP contribution in [0.3, 0.4) is 0 Å². The number of carbonyl (C=O) groups is 1. The van der Waals surface area contributed by atoms with E-state index in [-0.39, 0.29) is 6.03 Å². The highest BCUT2D eigenvalue weighted by Crippen LogP contribution is 2.21. The molecule has 3 aromatic heterocycles. The quantitative estimate of drug-likeness (QED) is 0.769. The summed E-state index contributed by atoms with van der Waals surface area (Å²) in [5.74, 6) is 1.71. The van der Waals surface area contributed by atoms with Gasteiger partial charge in [0.1, 0.15) is 11.6 Å². The number of carbonyl (C=O) groups excluding carboxylic acids is 1. The van der Waals surface area contributed by atoms with Gasteiger partial charge in [-0.25, -0.2) is 19.7 Å². The van der Waals surface area contributed by atoms with E-state index in [1.807, 2.05) is 47.2 Å². The summed E-state index contributed by atoms with van der Waals surface area (Å²) in [6, 6.07) is 4.18. The van der Waals surface area contributed by atoms with E-state index in [0.717, 1.165) is 36.6 Å². The molecule has 0 spiro atoms. The van der Waals surface area contributed by atoms with Gasteiger partial charge in [-0.15, -0.1) is 0 Å². The molecule has 1 aliphatic rings. The van der Waals surface area contributed by atoms with E-state index in [1.54, 1.807) is 18.6 Å². The molecule has 8 nitrogen and oxygen atoms in total. The van der Waals surface area contributed by atoms with Gasteiger partial charge in [-0.1, -0.05) is 6.07 Å². The van der Waals surface area contributed by atoms with E-state index in [0.29, 0.717) is 19.1 Å². The van der Waals surface area contributed by atoms with Crippen molar-refractivity contribution < 1.29 is 4.79 Å². The van der Waals surface area contributed by atoms with Crippen LogP contribution in [0.25, 0.3) is 5.82 Å². The number of amides is 2. The molecule has 3 aromatic rings. The second-order valence-electron chi connectivity index (χ2n) is 6.78. The molecule has 1 N–H and O–H groups in total. The summed E-state index contributed by atoms with van der Waals surface area (Å²) < 4.78 is 4.01. The zero-order valence-electron chi connectivity index (χ0n) is 15.3. The molecule has 140 valence electrons. The SMILES string of the molecule is Cc1nccn1-c1ccc(CNC(=O)N2CCCC(n3ccnc3)C2)cn1. The summed E-state index contributed by atoms with van der Waals surface area (Å²) in [7, 11) is 0. The van der Waals surface area contributed by atoms with Crippen LogP contribution in [-0.2, 0) is 6.54 Å². The maximum atomic E-state index is 12.5. The number of nitrogens with zero attached hydrogens (tertiary/aromatic N) is 6. The third-order valence-corrected chi connectivity index (χ3v) is 4.96. The second-order valence-corrected chi connectivity index (χ2v) is 6.78. The number of aryl methyl sites for hydroxylation is 1. The first kappa shape index (κ1) is 17.3. The minimum Gasteiger partial charge on any atom is -0.334 e. The van der Waals surface area contributed by atoms with Crippen LogP contribution in [-0.4, -0.2) is 48.1 Å². The topological polar surface area (TPSA) is 80.9 Å². The number of imidazole rings is 2. The molecule has 0 bridgehead atoms. The Morgan fingerprint density at radius 1 is 1.26 bits per heavy atom. The molecule has 0 saturated carbocycles. The van der Waals surface area contributed by atoms with Gasteiger partial charge in [-0.2, -0.15) is 0 Å². The standard InChI is InChI=1S/C19H23N7O/c1-15-21-7-10-26(15)18-5-4-16(11-22-18)12-23-19(27)24-8-2-3-17(13-24)25-9-6-20-14-25/h4-7,9-11,14,17H,2-3,8,12-13H2,1H3,(H,23,27). The summed E-state index contributed by atoms with van der Waals surface area (Å²) in [5.41, 5.74) is 0.966. The van der Waals surface area contributed by atoms with Gasteiger partial charge in [0, 0.05) is 50.6 Å². The Hall–Kier alpha value is -3.16. The molecule has 1 aliphatic heterocycles. The number of pyridine rings is 1. The van der Waals surface area contributed by atoms with E-state index in [1.165, 1.54) is 0 Å². The number of piperidine rings is 1. The third-order valence-electron chi connectivity index (χ3n) is 4.96. The van der Waals surface area contributed by atoms with Crippen molar-refractivity contribution >= 4 is 6.03 Å². The molecule has 2 amide bonds. The molecule has 4 rings (SSSR count). The summed E-state index contributed by atoms with van der Waals surface area (Å²) >= 11 is 0. The molecule has 27 heavy (non-hydrogen) atoms. The fraction of sp³-hybridized carbons (Fsp3) is 0.368. The van der Waals surface area contributed by atoms with Gasteiger partial charge in [-0.05, 0) is 31.4 Å². The van der Waals surface area contributed by atoms with Crippen molar-refractivity contribution in [1.82, 2.24) is 34.3 Å². The van der Waals surface area contributed by atoms with Crippen LogP contribution in [0.2, 0.25) is 0 Å². The Balaban J connectivity index is 1.33. The van der Waals surface area contributed by atoms with E-state index < -0.39 is 0 Å². The van der Waals surface area contributed by atoms with Gasteiger partial charge in [0.15, 0.2) is 0 Å². The highest BCUT2D eigenvalue weighted by molar-refractivity contribution is 5.74. The zero-order chi connectivity index (χ0) is 18.6. The van der Waals surface area contributed by atoms with E-state index in [9.17, 15) is 4.79 Å². The molecule has 0 radical (unpaired) electrons. The van der Waals surface area contributed by atoms with E-state index >= 15 is 0 Å². The van der Waals surface area contributed by atoms with Crippen molar-refractivity contribution in [3.63, 3.8) is 0 Å². The van der Waals surface area contributed by atoms with Crippen LogP contribution in [0.5, 0.6) is 0 Å². The summed E-state index contributed by atoms with van der Waals surface area (Å²) in [5, 5.41) is 3.00. The Labute approximate surface area is 157 Å². The predicted molar refractivity (Wildman–Crippen MR) is 100 cm³/mol. The van der Waals surface area contributed by atoms with Gasteiger partial charge in [0.2, 0.25) is 0 Å². The van der Waals surface area contributed by atoms with Gasteiger partial charge in [0.05, 0.1) is 12.4 Å². The fourth-order valence-corrected chi connectivity index (χ4v) is 3.44. The Bertz CT molecular complexity index is 885. The number of likely N-dealkylation sites (tertiary alicyclic amines) is 1. The molecular formula is C19H23N7O. The summed E-state index contributed by atoms with van der Waals surface area (Å²) in [4.78, 5) is 27.2. The Morgan fingerprint density at radius 2 is 2.19 bits per heavy atom. The fourth-order valence-electron chi connectivity index (χ4n) is 3.44. The first-order valence-corrected chi connectivity index (χ1v) is 9.16. The minimum atomic E-state index is -0.0330. The molecular weight excluding hydrogens is 342 g/mol. The van der Waals surface area contributed by atoms with Gasteiger partial charge in [-0.3, -0.25) is 4.57 Å². The van der Waals surface area contributed by atoms with Crippen molar-refractivity contribution in [1.29, 1.82) is 0 Å². The van der Waals surface area contributed by atoms with Crippen LogP contribution >= 0.6 is 0 Å². The number of nitrogens with one attached hydrogen (secondary N) is 1. The third kappa shape index (κ3) is 3.84. The predicted octanol–water partition coefficient (Wildman–Crippen LogP) is 2.32. The summed E-state index contributed by atoms with van der Waals surface area (Å²) in [6.07, 6.45) is 13.0. The molecule has 8 heteroatoms. The second kappa shape index (κ2) is 7.61. The summed E-state index contributed by atoms with van der Waals surface area (Å²) in [6.45, 7) is 3.89. The van der Waals surface area contributed by atoms with Crippen LogP contribution in [0, 0.1) is 6.92 Å². The molecule has 0 aliphatic carbocycles. The van der Waals surface area contributed by atoms with Crippen LogP contribution in [0.1, 0.15) is 30.3 Å². The van der Waals surface area contributed by atoms with Gasteiger partial charge < -0.3 is 14.8 Å². The highest BCUT2D eigenvalue weighted by atomic mass is 16.2. The lowest BCUT2D eigenvalue weighted by atomic mass is 10.1. The number of hydrogen-bond acceptors (Lipinski definition) is 4. The van der Waals surface area contributed by atoms with Crippen molar-refractivity contribution in [2.24, 2.45) is 0 Å². The molecule has 0 aromatic carbocycles. The van der Waals surface area contributed by atoms with Crippen molar-refractivity contribution in [3.05, 3.63) is 60.8 Å². The zero-order valence-corrected chi connectivity index (χ0v) is 15.3. The van der Waals surface area contributed by atoms with Crippen LogP contribution in [0.15, 0.2) is 49.4 Å². The maximum absolute atomic E-state index is 12.5. The average molecular weight is 365 g/mol. The van der Waals surface area contributed by atoms with Crippen LogP contribution < -0.4 is 5.32 Å². The maximum Gasteiger partial charge on any atom is 0.317 e. The smallest absolute Gasteiger partial charge is 0.317 e. The van der Waals surface area contributed by atoms with Crippen molar-refractivity contribution in [2.45, 2.75) is 32.4 Å². The number of urea groups is 1. The molecule has 1 atom stereocenters. The van der Waals surface area contributed by atoms with E-state index in [2.05, 4.69) is 24.8 Å². The van der Waals surface area contributed by atoms with Crippen LogP contribution in [0.4, 0.5) is 4.79 Å². The molecule has 1 saturated heterocycles. The first-order chi connectivity index (χ1) is 13.2. The number of aromatic nitrogens is 5. The minimum absolute atomic E-state index is 0.0330. The lowest BCUT2D eigenvalue weighted by Crippen LogP contribution is -2.45. The lowest BCUT2D eigenvalue weighted by Gasteiger charge is -2.33. The number of hydrogen-bond donors (Lipinski definition) is 1. The monoisotopic (exact) mass is 365 g/mol. The molecule has 4 heterocycles. The number of rotatable bonds is 4. The molecule has 1 unspecified atom stereocenters. The Kier molecular flexibility index (Phi) is 4.86. The molecule has 1 fully saturated rings. The van der Waals surface area contributed by atoms with Gasteiger partial charge >= 0.3 is 6.03 Å². The van der Waals surface area contributed by atoms with E-state index in [4.69, 9.17) is 0 Å². The van der Waals surface area contributed by atoms with Crippen molar-refractivity contribution in [2.75, 3.05) is 13.1 Å². The van der Waals surface area contributed by atoms with Crippen molar-refractivity contribution in [3.8, 4) is 5.82 Å². The largest absolute Gasteiger partial charge is 0.334 e. The average Bonchev–Trinajstić information content (AvgIpc) is 3.38. The van der Waals surface area contributed by atoms with Gasteiger partial charge in [0.25, 0.3) is 0 Å². The Morgan fingerprint density at radius 3 is 2.89 bits per heavy atom. The highest BCUT2D eigenvalue weighted by Gasteiger charge is 2.24.